The van der Waals surface area contributed by atoms with Crippen LogP contribution in [0.5, 0.6) is 0 Å². The van der Waals surface area contributed by atoms with E-state index in [1.54, 1.807) is 0 Å². The molecule has 0 aromatic carbocycles. The maximum atomic E-state index is 10.5. The highest BCUT2D eigenvalue weighted by atomic mass is 127. The largest absolute Gasteiger partial charge is 0.370 e. The molecule has 18 heavy (non-hydrogen) atoms. The van der Waals surface area contributed by atoms with Gasteiger partial charge in [0.2, 0.25) is 5.91 Å². The third kappa shape index (κ3) is 16.2. The Bertz CT molecular complexity index is 185. The lowest BCUT2D eigenvalue weighted by Crippen LogP contribution is -2.09. The highest BCUT2D eigenvalue weighted by Crippen LogP contribution is 2.12. The zero-order chi connectivity index (χ0) is 13.5. The highest BCUT2D eigenvalue weighted by Gasteiger charge is 1.95. The van der Waals surface area contributed by atoms with Gasteiger partial charge in [-0.25, -0.2) is 0 Å². The van der Waals surface area contributed by atoms with Crippen LogP contribution in [0.4, 0.5) is 0 Å². The first-order chi connectivity index (χ1) is 8.77. The van der Waals surface area contributed by atoms with E-state index in [2.05, 4.69) is 22.6 Å². The maximum absolute atomic E-state index is 10.5. The predicted molar refractivity (Wildman–Crippen MR) is 88.1 cm³/mol. The van der Waals surface area contributed by atoms with Crippen molar-refractivity contribution in [2.75, 3.05) is 4.43 Å². The minimum absolute atomic E-state index is 0.155. The molecule has 0 saturated heterocycles. The molecule has 0 aromatic rings. The smallest absolute Gasteiger partial charge is 0.217 e. The van der Waals surface area contributed by atoms with Crippen molar-refractivity contribution in [2.45, 2.75) is 83.5 Å². The van der Waals surface area contributed by atoms with E-state index in [1.807, 2.05) is 0 Å². The van der Waals surface area contributed by atoms with Crippen LogP contribution in [0, 0.1) is 0 Å². The molecule has 0 bridgehead atoms. The van der Waals surface area contributed by atoms with Crippen LogP contribution >= 0.6 is 22.6 Å². The normalized spacial score (nSPS) is 10.7. The molecule has 1 amide bonds. The van der Waals surface area contributed by atoms with Crippen molar-refractivity contribution in [3.63, 3.8) is 0 Å². The number of alkyl halides is 1. The summed E-state index contributed by atoms with van der Waals surface area (Å²) >= 11 is 2.46. The minimum atomic E-state index is -0.155. The molecular weight excluding hydrogens is 337 g/mol. The van der Waals surface area contributed by atoms with Crippen LogP contribution in [0.2, 0.25) is 0 Å². The van der Waals surface area contributed by atoms with Crippen molar-refractivity contribution in [1.82, 2.24) is 0 Å². The fourth-order valence-corrected chi connectivity index (χ4v) is 2.70. The summed E-state index contributed by atoms with van der Waals surface area (Å²) in [5.41, 5.74) is 5.09. The Morgan fingerprint density at radius 3 is 1.33 bits per heavy atom. The zero-order valence-electron chi connectivity index (χ0n) is 11.8. The molecule has 0 aliphatic carbocycles. The standard InChI is InChI=1S/C15H30INO/c16-14-12-10-8-6-4-2-1-3-5-7-9-11-13-15(17)18/h1-14H2,(H2,17,18). The summed E-state index contributed by atoms with van der Waals surface area (Å²) in [5, 5.41) is 0. The van der Waals surface area contributed by atoms with E-state index in [-0.39, 0.29) is 5.91 Å². The Labute approximate surface area is 127 Å². The van der Waals surface area contributed by atoms with E-state index in [9.17, 15) is 4.79 Å². The fraction of sp³-hybridized carbons (Fsp3) is 0.933. The Hall–Kier alpha value is 0.200. The van der Waals surface area contributed by atoms with Crippen LogP contribution in [0.1, 0.15) is 83.5 Å². The number of amides is 1. The van der Waals surface area contributed by atoms with Gasteiger partial charge in [0.1, 0.15) is 0 Å². The molecule has 0 fully saturated rings. The lowest BCUT2D eigenvalue weighted by molar-refractivity contribution is -0.118. The number of primary amides is 1. The summed E-state index contributed by atoms with van der Waals surface area (Å²) in [6.07, 6.45) is 16.6. The number of nitrogens with two attached hydrogens (primary N) is 1. The molecular formula is C15H30INO. The fourth-order valence-electron chi connectivity index (χ4n) is 2.16. The zero-order valence-corrected chi connectivity index (χ0v) is 13.9. The Balaban J connectivity index is 2.92. The van der Waals surface area contributed by atoms with Gasteiger partial charge in [0, 0.05) is 6.42 Å². The van der Waals surface area contributed by atoms with Gasteiger partial charge >= 0.3 is 0 Å². The average molecular weight is 367 g/mol. The molecule has 108 valence electrons. The molecule has 0 atom stereocenters. The van der Waals surface area contributed by atoms with E-state index in [1.165, 1.54) is 75.1 Å². The van der Waals surface area contributed by atoms with Crippen molar-refractivity contribution < 1.29 is 4.79 Å². The average Bonchev–Trinajstić information content (AvgIpc) is 2.34. The number of halogens is 1. The monoisotopic (exact) mass is 367 g/mol. The quantitative estimate of drug-likeness (QED) is 0.263. The van der Waals surface area contributed by atoms with Crippen molar-refractivity contribution in [3.05, 3.63) is 0 Å². The minimum Gasteiger partial charge on any atom is -0.370 e. The van der Waals surface area contributed by atoms with E-state index in [0.717, 1.165) is 6.42 Å². The van der Waals surface area contributed by atoms with E-state index in [0.29, 0.717) is 6.42 Å². The van der Waals surface area contributed by atoms with Gasteiger partial charge in [-0.3, -0.25) is 4.79 Å². The van der Waals surface area contributed by atoms with E-state index < -0.39 is 0 Å². The first-order valence-electron chi connectivity index (χ1n) is 7.61. The van der Waals surface area contributed by atoms with Crippen molar-refractivity contribution in [2.24, 2.45) is 5.73 Å². The third-order valence-corrected chi connectivity index (χ3v) is 4.07. The topological polar surface area (TPSA) is 43.1 Å². The first kappa shape index (κ1) is 18.2. The highest BCUT2D eigenvalue weighted by molar-refractivity contribution is 14.1. The van der Waals surface area contributed by atoms with Crippen LogP contribution in [0.25, 0.3) is 0 Å². The predicted octanol–water partition coefficient (Wildman–Crippen LogP) is 4.98. The molecule has 2 nitrogen and oxygen atoms in total. The van der Waals surface area contributed by atoms with Crippen LogP contribution in [-0.2, 0) is 4.79 Å². The number of hydrogen-bond acceptors (Lipinski definition) is 1. The Morgan fingerprint density at radius 1 is 0.667 bits per heavy atom. The summed E-state index contributed by atoms with van der Waals surface area (Å²) < 4.78 is 1.31. The Morgan fingerprint density at radius 2 is 1.00 bits per heavy atom. The molecule has 0 spiro atoms. The van der Waals surface area contributed by atoms with Crippen LogP contribution in [0.3, 0.4) is 0 Å². The van der Waals surface area contributed by atoms with Crippen LogP contribution in [-0.4, -0.2) is 10.3 Å². The number of hydrogen-bond donors (Lipinski definition) is 1. The second kappa shape index (κ2) is 15.3. The number of carbonyl (C=O) groups is 1. The van der Waals surface area contributed by atoms with Gasteiger partial charge in [-0.05, 0) is 17.3 Å². The number of unbranched alkanes of at least 4 members (excludes halogenated alkanes) is 11. The molecule has 0 rings (SSSR count). The summed E-state index contributed by atoms with van der Waals surface area (Å²) in [4.78, 5) is 10.5. The summed E-state index contributed by atoms with van der Waals surface area (Å²) in [6.45, 7) is 0. The van der Waals surface area contributed by atoms with Gasteiger partial charge in [0.25, 0.3) is 0 Å². The summed E-state index contributed by atoms with van der Waals surface area (Å²) in [7, 11) is 0. The van der Waals surface area contributed by atoms with Gasteiger partial charge in [-0.1, -0.05) is 86.8 Å². The van der Waals surface area contributed by atoms with Crippen molar-refractivity contribution in [3.8, 4) is 0 Å². The molecule has 0 radical (unpaired) electrons. The summed E-state index contributed by atoms with van der Waals surface area (Å²) in [5.74, 6) is -0.155. The van der Waals surface area contributed by atoms with E-state index in [4.69, 9.17) is 5.73 Å². The van der Waals surface area contributed by atoms with Gasteiger partial charge in [-0.15, -0.1) is 0 Å². The summed E-state index contributed by atoms with van der Waals surface area (Å²) in [6, 6.07) is 0. The number of rotatable bonds is 14. The van der Waals surface area contributed by atoms with Crippen molar-refractivity contribution >= 4 is 28.5 Å². The molecule has 3 heteroatoms. The van der Waals surface area contributed by atoms with E-state index >= 15 is 0 Å². The van der Waals surface area contributed by atoms with Crippen molar-refractivity contribution in [1.29, 1.82) is 0 Å². The van der Waals surface area contributed by atoms with Crippen LogP contribution in [0.15, 0.2) is 0 Å². The molecule has 0 saturated carbocycles. The van der Waals surface area contributed by atoms with Gasteiger partial charge in [0.05, 0.1) is 0 Å². The lowest BCUT2D eigenvalue weighted by atomic mass is 10.0. The van der Waals surface area contributed by atoms with Gasteiger partial charge in [0.15, 0.2) is 0 Å². The van der Waals surface area contributed by atoms with Gasteiger partial charge in [-0.2, -0.15) is 0 Å². The lowest BCUT2D eigenvalue weighted by Gasteiger charge is -2.02. The third-order valence-electron chi connectivity index (χ3n) is 3.31. The second-order valence-corrected chi connectivity index (χ2v) is 6.23. The van der Waals surface area contributed by atoms with Crippen LogP contribution < -0.4 is 5.73 Å². The Kier molecular flexibility index (Phi) is 15.4. The molecule has 0 aliphatic rings. The SMILES string of the molecule is NC(=O)CCCCCCCCCCCCCCI. The maximum Gasteiger partial charge on any atom is 0.217 e. The molecule has 2 N–H and O–H groups in total. The second-order valence-electron chi connectivity index (χ2n) is 5.15. The van der Waals surface area contributed by atoms with Gasteiger partial charge < -0.3 is 5.73 Å². The molecule has 0 aromatic heterocycles. The number of carbonyl (C=O) groups excluding carboxylic acids is 1. The molecule has 0 unspecified atom stereocenters. The molecule has 0 aliphatic heterocycles. The first-order valence-corrected chi connectivity index (χ1v) is 9.14. The molecule has 0 heterocycles.